The van der Waals surface area contributed by atoms with Crippen molar-refractivity contribution in [3.05, 3.63) is 93.2 Å². The summed E-state index contributed by atoms with van der Waals surface area (Å²) in [6.45, 7) is -0.914. The van der Waals surface area contributed by atoms with Crippen LogP contribution in [0.15, 0.2) is 60.8 Å². The second-order valence-electron chi connectivity index (χ2n) is 8.64. The van der Waals surface area contributed by atoms with E-state index in [9.17, 15) is 31.1 Å². The first kappa shape index (κ1) is 27.1. The minimum atomic E-state index is -4.92. The molecule has 1 saturated heterocycles. The van der Waals surface area contributed by atoms with Gasteiger partial charge in [0.05, 0.1) is 23.4 Å². The molecule has 1 unspecified atom stereocenters. The van der Waals surface area contributed by atoms with Gasteiger partial charge in [0.2, 0.25) is 0 Å². The molecule has 0 saturated carbocycles. The topological polar surface area (TPSA) is 45.2 Å². The Labute approximate surface area is 218 Å². The molecule has 1 fully saturated rings. The Bertz CT molecular complexity index is 1280. The van der Waals surface area contributed by atoms with Crippen molar-refractivity contribution in [2.45, 2.75) is 30.7 Å². The Morgan fingerprint density at radius 3 is 2.30 bits per heavy atom. The molecule has 0 aliphatic carbocycles. The van der Waals surface area contributed by atoms with Crippen molar-refractivity contribution >= 4 is 34.8 Å². The molecule has 2 heterocycles. The summed E-state index contributed by atoms with van der Waals surface area (Å²) in [5.41, 5.74) is -4.09. The number of amides is 1. The van der Waals surface area contributed by atoms with Crippen LogP contribution in [0.3, 0.4) is 0 Å². The summed E-state index contributed by atoms with van der Waals surface area (Å²) in [6.07, 6.45) is -8.59. The first-order valence-electron chi connectivity index (χ1n) is 11.0. The molecular weight excluding hydrogens is 543 g/mol. The second kappa shape index (κ2) is 10.1. The molecule has 1 aliphatic rings. The molecule has 1 amide bonds. The van der Waals surface area contributed by atoms with Crippen LogP contribution >= 0.6 is 23.2 Å². The van der Waals surface area contributed by atoms with Crippen LogP contribution in [-0.2, 0) is 18.1 Å². The van der Waals surface area contributed by atoms with E-state index >= 15 is 0 Å². The zero-order chi connectivity index (χ0) is 27.0. The van der Waals surface area contributed by atoms with Crippen molar-refractivity contribution in [2.24, 2.45) is 0 Å². The number of carbonyl (C=O) groups excluding carboxylic acids is 1. The largest absolute Gasteiger partial charge is 0.417 e. The summed E-state index contributed by atoms with van der Waals surface area (Å²) < 4.78 is 84.8. The monoisotopic (exact) mass is 561 g/mol. The molecule has 3 aromatic rings. The van der Waals surface area contributed by atoms with E-state index < -0.39 is 47.8 Å². The van der Waals surface area contributed by atoms with Crippen LogP contribution in [-0.4, -0.2) is 30.2 Å². The molecule has 4 nitrogen and oxygen atoms in total. The van der Waals surface area contributed by atoms with Gasteiger partial charge in [-0.25, -0.2) is 0 Å². The highest BCUT2D eigenvalue weighted by Gasteiger charge is 2.59. The zero-order valence-electron chi connectivity index (χ0n) is 18.9. The smallest absolute Gasteiger partial charge is 0.370 e. The molecule has 1 atom stereocenters. The van der Waals surface area contributed by atoms with Gasteiger partial charge in [-0.3, -0.25) is 9.78 Å². The highest BCUT2D eigenvalue weighted by Crippen LogP contribution is 2.50. The molecule has 37 heavy (non-hydrogen) atoms. The average molecular weight is 562 g/mol. The van der Waals surface area contributed by atoms with Crippen molar-refractivity contribution in [1.29, 1.82) is 0 Å². The number of carbonyl (C=O) groups is 1. The summed E-state index contributed by atoms with van der Waals surface area (Å²) in [5.74, 6) is -0.982. The summed E-state index contributed by atoms with van der Waals surface area (Å²) in [6, 6.07) is 11.4. The number of hydrogen-bond acceptors (Lipinski definition) is 3. The van der Waals surface area contributed by atoms with Crippen molar-refractivity contribution in [2.75, 3.05) is 18.0 Å². The molecule has 4 rings (SSSR count). The zero-order valence-corrected chi connectivity index (χ0v) is 20.4. The lowest BCUT2D eigenvalue weighted by Crippen LogP contribution is -2.45. The van der Waals surface area contributed by atoms with E-state index in [1.54, 1.807) is 18.2 Å². The number of aromatic nitrogens is 1. The highest BCUT2D eigenvalue weighted by atomic mass is 35.5. The van der Waals surface area contributed by atoms with E-state index in [1.807, 2.05) is 0 Å². The first-order valence-corrected chi connectivity index (χ1v) is 11.7. The minimum Gasteiger partial charge on any atom is -0.370 e. The Hall–Kier alpha value is -2.98. The molecule has 1 aromatic heterocycles. The highest BCUT2D eigenvalue weighted by molar-refractivity contribution is 6.34. The lowest BCUT2D eigenvalue weighted by atomic mass is 9.79. The molecule has 196 valence electrons. The Morgan fingerprint density at radius 1 is 1.00 bits per heavy atom. The van der Waals surface area contributed by atoms with Gasteiger partial charge in [0.15, 0.2) is 0 Å². The maximum absolute atomic E-state index is 14.4. The van der Waals surface area contributed by atoms with Gasteiger partial charge in [0.1, 0.15) is 5.41 Å². The third-order valence-electron chi connectivity index (χ3n) is 6.30. The van der Waals surface area contributed by atoms with Crippen molar-refractivity contribution in [1.82, 2.24) is 10.3 Å². The molecule has 2 aromatic carbocycles. The van der Waals surface area contributed by atoms with Crippen LogP contribution < -0.4 is 10.2 Å². The van der Waals surface area contributed by atoms with Gasteiger partial charge in [-0.15, -0.1) is 0 Å². The van der Waals surface area contributed by atoms with Gasteiger partial charge in [0, 0.05) is 35.0 Å². The Balaban J connectivity index is 1.65. The fourth-order valence-electron chi connectivity index (χ4n) is 4.42. The first-order chi connectivity index (χ1) is 17.3. The minimum absolute atomic E-state index is 0.0185. The van der Waals surface area contributed by atoms with E-state index in [4.69, 9.17) is 23.2 Å². The van der Waals surface area contributed by atoms with Gasteiger partial charge in [0.25, 0.3) is 5.91 Å². The number of alkyl halides is 6. The second-order valence-corrected chi connectivity index (χ2v) is 9.51. The summed E-state index contributed by atoms with van der Waals surface area (Å²) in [7, 11) is 0. The number of nitrogens with one attached hydrogen (secondary N) is 1. The Kier molecular flexibility index (Phi) is 7.36. The third kappa shape index (κ3) is 5.65. The van der Waals surface area contributed by atoms with Crippen molar-refractivity contribution < 1.29 is 31.1 Å². The predicted octanol–water partition coefficient (Wildman–Crippen LogP) is 7.05. The van der Waals surface area contributed by atoms with Crippen LogP contribution in [0, 0.1) is 0 Å². The number of pyridine rings is 1. The number of nitrogens with zero attached hydrogens (tertiary/aromatic N) is 2. The maximum atomic E-state index is 14.4. The molecular formula is C25H19Cl2F6N3O. The molecule has 1 N–H and O–H groups in total. The van der Waals surface area contributed by atoms with Crippen LogP contribution in [0.2, 0.25) is 10.0 Å². The lowest BCUT2D eigenvalue weighted by molar-refractivity contribution is -0.184. The van der Waals surface area contributed by atoms with Crippen molar-refractivity contribution in [3.63, 3.8) is 0 Å². The lowest BCUT2D eigenvalue weighted by Gasteiger charge is -2.33. The fraction of sp³-hybridized carbons (Fsp3) is 0.280. The van der Waals surface area contributed by atoms with E-state index in [1.165, 1.54) is 35.4 Å². The predicted molar refractivity (Wildman–Crippen MR) is 128 cm³/mol. The SMILES string of the molecule is O=C(NCc1ccccn1)c1ccc(N2CCC(c3cc(Cl)cc(Cl)c3)(C(F)(F)F)C2)cc1C(F)(F)F. The van der Waals surface area contributed by atoms with Gasteiger partial charge < -0.3 is 10.2 Å². The van der Waals surface area contributed by atoms with E-state index in [2.05, 4.69) is 10.3 Å². The standard InChI is InChI=1S/C25H19Cl2F6N3O/c26-16-9-15(10-17(27)11-16)23(25(31,32)33)6-8-36(14-23)19-4-5-20(21(12-19)24(28,29)30)22(37)35-13-18-3-1-2-7-34-18/h1-5,7,9-12H,6,8,13-14H2,(H,35,37). The quantitative estimate of drug-likeness (QED) is 0.339. The van der Waals surface area contributed by atoms with Gasteiger partial charge in [-0.2, -0.15) is 26.3 Å². The summed E-state index contributed by atoms with van der Waals surface area (Å²) in [5, 5.41) is 2.43. The normalized spacial score (nSPS) is 18.2. The molecule has 0 radical (unpaired) electrons. The molecule has 12 heteroatoms. The average Bonchev–Trinajstić information content (AvgIpc) is 3.29. The van der Waals surface area contributed by atoms with E-state index in [-0.39, 0.29) is 34.4 Å². The van der Waals surface area contributed by atoms with Gasteiger partial charge in [-0.1, -0.05) is 29.3 Å². The van der Waals surface area contributed by atoms with E-state index in [0.717, 1.165) is 6.07 Å². The van der Waals surface area contributed by atoms with E-state index in [0.29, 0.717) is 11.8 Å². The van der Waals surface area contributed by atoms with Gasteiger partial charge in [-0.05, 0) is 60.5 Å². The summed E-state index contributed by atoms with van der Waals surface area (Å²) in [4.78, 5) is 17.8. The van der Waals surface area contributed by atoms with Crippen LogP contribution in [0.5, 0.6) is 0 Å². The number of halogens is 8. The Morgan fingerprint density at radius 2 is 1.70 bits per heavy atom. The van der Waals surface area contributed by atoms with Crippen molar-refractivity contribution in [3.8, 4) is 0 Å². The van der Waals surface area contributed by atoms with Crippen LogP contribution in [0.1, 0.15) is 33.6 Å². The molecule has 1 aliphatic heterocycles. The molecule has 0 spiro atoms. The number of anilines is 1. The maximum Gasteiger partial charge on any atom is 0.417 e. The number of rotatable bonds is 5. The number of hydrogen-bond donors (Lipinski definition) is 1. The fourth-order valence-corrected chi connectivity index (χ4v) is 4.95. The summed E-state index contributed by atoms with van der Waals surface area (Å²) >= 11 is 11.9. The third-order valence-corrected chi connectivity index (χ3v) is 6.74. The van der Waals surface area contributed by atoms with Crippen LogP contribution in [0.25, 0.3) is 0 Å². The molecule has 0 bridgehead atoms. The van der Waals surface area contributed by atoms with Gasteiger partial charge >= 0.3 is 12.4 Å². The number of benzene rings is 2. The van der Waals surface area contributed by atoms with Crippen LogP contribution in [0.4, 0.5) is 32.0 Å².